The zero-order valence-corrected chi connectivity index (χ0v) is 15.7. The van der Waals surface area contributed by atoms with E-state index in [0.29, 0.717) is 35.3 Å². The predicted molar refractivity (Wildman–Crippen MR) is 100 cm³/mol. The van der Waals surface area contributed by atoms with Gasteiger partial charge in [-0.25, -0.2) is 0 Å². The van der Waals surface area contributed by atoms with Crippen LogP contribution in [0, 0.1) is 0 Å². The van der Waals surface area contributed by atoms with E-state index in [0.717, 1.165) is 18.4 Å². The molecule has 8 nitrogen and oxygen atoms in total. The van der Waals surface area contributed by atoms with E-state index in [9.17, 15) is 4.79 Å². The number of carbonyl (C=O) groups is 1. The van der Waals surface area contributed by atoms with Crippen LogP contribution in [0.1, 0.15) is 35.1 Å². The van der Waals surface area contributed by atoms with Crippen LogP contribution in [-0.2, 0) is 0 Å². The second kappa shape index (κ2) is 7.67. The van der Waals surface area contributed by atoms with E-state index in [1.54, 1.807) is 55.8 Å². The second-order valence-electron chi connectivity index (χ2n) is 6.42. The summed E-state index contributed by atoms with van der Waals surface area (Å²) in [6.07, 6.45) is 4.89. The van der Waals surface area contributed by atoms with Crippen LogP contribution < -0.4 is 9.47 Å². The maximum Gasteiger partial charge on any atom is 0.254 e. The number of benzene rings is 1. The Hall–Kier alpha value is -3.42. The molecule has 1 aromatic carbocycles. The van der Waals surface area contributed by atoms with Gasteiger partial charge in [-0.2, -0.15) is 4.98 Å². The number of rotatable bonds is 5. The number of likely N-dealkylation sites (tertiary alicyclic amines) is 1. The number of pyridine rings is 1. The monoisotopic (exact) mass is 380 g/mol. The van der Waals surface area contributed by atoms with Crippen LogP contribution in [0.25, 0.3) is 11.4 Å². The fourth-order valence-electron chi connectivity index (χ4n) is 3.39. The summed E-state index contributed by atoms with van der Waals surface area (Å²) >= 11 is 0. The average molecular weight is 380 g/mol. The molecule has 0 aliphatic carbocycles. The Morgan fingerprint density at radius 1 is 1.14 bits per heavy atom. The van der Waals surface area contributed by atoms with E-state index in [1.807, 2.05) is 6.07 Å². The Kier molecular flexibility index (Phi) is 4.92. The van der Waals surface area contributed by atoms with Gasteiger partial charge in [-0.15, -0.1) is 0 Å². The number of carbonyl (C=O) groups excluding carboxylic acids is 1. The van der Waals surface area contributed by atoms with Crippen molar-refractivity contribution < 1.29 is 18.8 Å². The predicted octanol–water partition coefficient (Wildman–Crippen LogP) is 3.13. The maximum absolute atomic E-state index is 12.8. The van der Waals surface area contributed by atoms with E-state index < -0.39 is 0 Å². The van der Waals surface area contributed by atoms with Crippen LogP contribution in [-0.4, -0.2) is 46.7 Å². The molecule has 0 unspecified atom stereocenters. The number of hydrogen-bond donors (Lipinski definition) is 0. The first-order valence-electron chi connectivity index (χ1n) is 8.98. The van der Waals surface area contributed by atoms with Crippen molar-refractivity contribution in [3.8, 4) is 22.9 Å². The van der Waals surface area contributed by atoms with E-state index in [4.69, 9.17) is 14.0 Å². The van der Waals surface area contributed by atoms with E-state index in [2.05, 4.69) is 15.1 Å². The lowest BCUT2D eigenvalue weighted by molar-refractivity contribution is 0.0710. The molecule has 1 aliphatic rings. The fourth-order valence-corrected chi connectivity index (χ4v) is 3.39. The molecule has 3 aromatic rings. The summed E-state index contributed by atoms with van der Waals surface area (Å²) in [5, 5.41) is 4.10. The second-order valence-corrected chi connectivity index (χ2v) is 6.42. The quantitative estimate of drug-likeness (QED) is 0.671. The molecule has 144 valence electrons. The number of nitrogens with zero attached hydrogens (tertiary/aromatic N) is 4. The highest BCUT2D eigenvalue weighted by atomic mass is 16.5. The van der Waals surface area contributed by atoms with E-state index >= 15 is 0 Å². The molecule has 28 heavy (non-hydrogen) atoms. The van der Waals surface area contributed by atoms with Gasteiger partial charge in [0.15, 0.2) is 11.5 Å². The van der Waals surface area contributed by atoms with Crippen molar-refractivity contribution in [3.05, 3.63) is 54.2 Å². The zero-order valence-electron chi connectivity index (χ0n) is 15.7. The fraction of sp³-hybridized carbons (Fsp3) is 0.300. The van der Waals surface area contributed by atoms with Gasteiger partial charge < -0.3 is 18.9 Å². The van der Waals surface area contributed by atoms with Crippen molar-refractivity contribution in [2.75, 3.05) is 20.8 Å². The molecular weight excluding hydrogens is 360 g/mol. The minimum Gasteiger partial charge on any atom is -0.493 e. The first kappa shape index (κ1) is 18.0. The average Bonchev–Trinajstić information content (AvgIpc) is 3.42. The molecule has 8 heteroatoms. The van der Waals surface area contributed by atoms with Gasteiger partial charge in [-0.1, -0.05) is 5.16 Å². The van der Waals surface area contributed by atoms with E-state index in [-0.39, 0.29) is 11.9 Å². The normalized spacial score (nSPS) is 16.2. The van der Waals surface area contributed by atoms with Gasteiger partial charge >= 0.3 is 0 Å². The summed E-state index contributed by atoms with van der Waals surface area (Å²) in [6, 6.07) is 8.61. The topological polar surface area (TPSA) is 90.6 Å². The zero-order chi connectivity index (χ0) is 19.5. The molecule has 0 radical (unpaired) electrons. The van der Waals surface area contributed by atoms with Crippen LogP contribution in [0.15, 0.2) is 47.2 Å². The first-order valence-corrected chi connectivity index (χ1v) is 8.98. The van der Waals surface area contributed by atoms with Gasteiger partial charge in [0.25, 0.3) is 5.91 Å². The molecular formula is C20H20N4O4. The highest BCUT2D eigenvalue weighted by Gasteiger charge is 2.34. The molecule has 4 rings (SSSR count). The molecule has 1 amide bonds. The lowest BCUT2D eigenvalue weighted by Gasteiger charge is -2.21. The highest BCUT2D eigenvalue weighted by Crippen LogP contribution is 2.35. The molecule has 0 bridgehead atoms. The van der Waals surface area contributed by atoms with Crippen LogP contribution in [0.4, 0.5) is 0 Å². The minimum absolute atomic E-state index is 0.0595. The van der Waals surface area contributed by atoms with Gasteiger partial charge in [0.05, 0.1) is 14.2 Å². The van der Waals surface area contributed by atoms with Gasteiger partial charge in [-0.3, -0.25) is 9.78 Å². The Bertz CT molecular complexity index is 973. The summed E-state index contributed by atoms with van der Waals surface area (Å²) in [4.78, 5) is 23.1. The summed E-state index contributed by atoms with van der Waals surface area (Å²) in [7, 11) is 3.16. The van der Waals surface area contributed by atoms with Crippen molar-refractivity contribution in [1.82, 2.24) is 20.0 Å². The third kappa shape index (κ3) is 3.28. The lowest BCUT2D eigenvalue weighted by atomic mass is 10.1. The van der Waals surface area contributed by atoms with Gasteiger partial charge in [0.2, 0.25) is 11.7 Å². The van der Waals surface area contributed by atoms with E-state index in [1.165, 1.54) is 0 Å². The smallest absolute Gasteiger partial charge is 0.254 e. The largest absolute Gasteiger partial charge is 0.493 e. The number of aromatic nitrogens is 3. The number of hydrogen-bond acceptors (Lipinski definition) is 7. The molecule has 1 saturated heterocycles. The maximum atomic E-state index is 12.8. The van der Waals surface area contributed by atoms with Crippen LogP contribution in [0.5, 0.6) is 11.5 Å². The summed E-state index contributed by atoms with van der Waals surface area (Å²) in [5.41, 5.74) is 1.35. The van der Waals surface area contributed by atoms with Crippen LogP contribution in [0.2, 0.25) is 0 Å². The molecule has 1 fully saturated rings. The Morgan fingerprint density at radius 3 is 2.68 bits per heavy atom. The van der Waals surface area contributed by atoms with Crippen molar-refractivity contribution in [2.24, 2.45) is 0 Å². The van der Waals surface area contributed by atoms with Gasteiger partial charge in [-0.05, 0) is 43.2 Å². The summed E-state index contributed by atoms with van der Waals surface area (Å²) in [6.45, 7) is 0.653. The molecule has 0 N–H and O–H groups in total. The van der Waals surface area contributed by atoms with Crippen LogP contribution in [0.3, 0.4) is 0 Å². The molecule has 0 saturated carbocycles. The standard InChI is InChI=1S/C20H20N4O4/c1-26-16-6-5-14(12-17(16)27-2)18-22-19(28-23-18)15-4-3-11-24(15)20(25)13-7-9-21-10-8-13/h5-10,12,15H,3-4,11H2,1-2H3/t15-/m0/s1. The van der Waals surface area contributed by atoms with Crippen molar-refractivity contribution in [1.29, 1.82) is 0 Å². The lowest BCUT2D eigenvalue weighted by Crippen LogP contribution is -2.30. The molecule has 1 atom stereocenters. The number of methoxy groups -OCH3 is 2. The van der Waals surface area contributed by atoms with Gasteiger partial charge in [0.1, 0.15) is 6.04 Å². The molecule has 3 heterocycles. The van der Waals surface area contributed by atoms with Crippen LogP contribution >= 0.6 is 0 Å². The van der Waals surface area contributed by atoms with Crippen molar-refractivity contribution in [3.63, 3.8) is 0 Å². The van der Waals surface area contributed by atoms with Crippen molar-refractivity contribution >= 4 is 5.91 Å². The first-order chi connectivity index (χ1) is 13.7. The Balaban J connectivity index is 1.59. The third-order valence-corrected chi connectivity index (χ3v) is 4.81. The Labute approximate surface area is 162 Å². The molecule has 2 aromatic heterocycles. The molecule has 1 aliphatic heterocycles. The van der Waals surface area contributed by atoms with Crippen molar-refractivity contribution in [2.45, 2.75) is 18.9 Å². The summed E-state index contributed by atoms with van der Waals surface area (Å²) in [5.74, 6) is 2.03. The SMILES string of the molecule is COc1ccc(-c2noc([C@@H]3CCCN3C(=O)c3ccncc3)n2)cc1OC. The number of amides is 1. The number of ether oxygens (including phenoxy) is 2. The summed E-state index contributed by atoms with van der Waals surface area (Å²) < 4.78 is 16.1. The Morgan fingerprint density at radius 2 is 1.93 bits per heavy atom. The van der Waals surface area contributed by atoms with Gasteiger partial charge in [0, 0.05) is 30.1 Å². The third-order valence-electron chi connectivity index (χ3n) is 4.81. The minimum atomic E-state index is -0.234. The molecule has 0 spiro atoms. The highest BCUT2D eigenvalue weighted by molar-refractivity contribution is 5.94.